The summed E-state index contributed by atoms with van der Waals surface area (Å²) in [4.78, 5) is 26.3. The molecule has 2 aromatic carbocycles. The largest absolute Gasteiger partial charge is 0.490 e. The molecule has 0 aliphatic heterocycles. The number of carbonyl (C=O) groups is 1. The van der Waals surface area contributed by atoms with Gasteiger partial charge in [-0.2, -0.15) is 13.2 Å². The number of hydrogen-bond donors (Lipinski definition) is 2. The van der Waals surface area contributed by atoms with Crippen molar-refractivity contribution in [1.29, 1.82) is 0 Å². The molecule has 0 fully saturated rings. The van der Waals surface area contributed by atoms with Crippen molar-refractivity contribution in [1.82, 2.24) is 9.55 Å². The Kier molecular flexibility index (Phi) is 6.42. The van der Waals surface area contributed by atoms with Gasteiger partial charge in [-0.1, -0.05) is 35.9 Å². The highest BCUT2D eigenvalue weighted by atomic mass is 35.5. The summed E-state index contributed by atoms with van der Waals surface area (Å²) in [6, 6.07) is 14.2. The Bertz CT molecular complexity index is 1050. The average molecular weight is 414 g/mol. The van der Waals surface area contributed by atoms with Gasteiger partial charge < -0.3 is 10.8 Å². The first-order valence-electron chi connectivity index (χ1n) is 7.86. The molecule has 1 aromatic heterocycles. The van der Waals surface area contributed by atoms with Crippen molar-refractivity contribution in [3.8, 4) is 5.69 Å². The lowest BCUT2D eigenvalue weighted by Gasteiger charge is -2.16. The number of nitrogens with zero attached hydrogens (tertiary/aromatic N) is 2. The third-order valence-electron chi connectivity index (χ3n) is 3.54. The summed E-state index contributed by atoms with van der Waals surface area (Å²) in [5.74, 6) is -2.24. The predicted octanol–water partition coefficient (Wildman–Crippen LogP) is 3.69. The van der Waals surface area contributed by atoms with Crippen LogP contribution < -0.4 is 11.3 Å². The number of hydrogen-bond acceptors (Lipinski definition) is 4. The predicted molar refractivity (Wildman–Crippen MR) is 98.6 cm³/mol. The van der Waals surface area contributed by atoms with Crippen LogP contribution in [0.1, 0.15) is 18.8 Å². The number of carboxylic acids is 1. The Labute approximate surface area is 162 Å². The molecule has 3 N–H and O–H groups in total. The first-order valence-corrected chi connectivity index (χ1v) is 8.24. The second kappa shape index (κ2) is 8.41. The first-order chi connectivity index (χ1) is 13.0. The number of nitrogens with two attached hydrogens (primary N) is 1. The molecule has 0 unspecified atom stereocenters. The Morgan fingerprint density at radius 1 is 1.18 bits per heavy atom. The molecule has 1 heterocycles. The van der Waals surface area contributed by atoms with Crippen molar-refractivity contribution in [2.24, 2.45) is 5.73 Å². The van der Waals surface area contributed by atoms with Gasteiger partial charge in [-0.25, -0.2) is 9.78 Å². The number of rotatable bonds is 2. The standard InChI is InChI=1S/C16H14ClN3O.C2HF3O2/c1-10(18)15-19-13-9-5-8-12(17)14(13)16(21)20(15)11-6-3-2-4-7-11;3-2(4,5)1(6)7/h2-10H,18H2,1H3;(H,6,7)/t10-;/m0./s1. The molecule has 3 aromatic rings. The van der Waals surface area contributed by atoms with E-state index >= 15 is 0 Å². The smallest absolute Gasteiger partial charge is 0.475 e. The Hall–Kier alpha value is -2.91. The quantitative estimate of drug-likeness (QED) is 0.667. The molecule has 3 rings (SSSR count). The van der Waals surface area contributed by atoms with E-state index in [-0.39, 0.29) is 11.6 Å². The van der Waals surface area contributed by atoms with Crippen molar-refractivity contribution in [3.05, 3.63) is 69.7 Å². The highest BCUT2D eigenvalue weighted by Gasteiger charge is 2.38. The number of alkyl halides is 3. The van der Waals surface area contributed by atoms with Gasteiger partial charge in [-0.3, -0.25) is 9.36 Å². The normalized spacial score (nSPS) is 12.2. The van der Waals surface area contributed by atoms with E-state index in [1.807, 2.05) is 30.3 Å². The zero-order valence-corrected chi connectivity index (χ0v) is 15.2. The minimum absolute atomic E-state index is 0.205. The molecule has 28 heavy (non-hydrogen) atoms. The van der Waals surface area contributed by atoms with Crippen LogP contribution in [-0.2, 0) is 4.79 Å². The molecule has 0 radical (unpaired) electrons. The number of para-hydroxylation sites is 1. The second-order valence-corrected chi connectivity index (χ2v) is 6.08. The highest BCUT2D eigenvalue weighted by Crippen LogP contribution is 2.22. The van der Waals surface area contributed by atoms with E-state index in [0.29, 0.717) is 21.7 Å². The van der Waals surface area contributed by atoms with E-state index in [2.05, 4.69) is 4.98 Å². The molecule has 0 saturated carbocycles. The van der Waals surface area contributed by atoms with Crippen molar-refractivity contribution in [2.45, 2.75) is 19.1 Å². The van der Waals surface area contributed by atoms with Gasteiger partial charge in [0.05, 0.1) is 27.7 Å². The van der Waals surface area contributed by atoms with Gasteiger partial charge in [0.2, 0.25) is 0 Å². The number of fused-ring (bicyclic) bond motifs is 1. The molecule has 0 aliphatic carbocycles. The minimum atomic E-state index is -5.08. The fourth-order valence-electron chi connectivity index (χ4n) is 2.34. The van der Waals surface area contributed by atoms with Gasteiger partial charge in [0, 0.05) is 0 Å². The van der Waals surface area contributed by atoms with Crippen LogP contribution in [0.25, 0.3) is 16.6 Å². The highest BCUT2D eigenvalue weighted by molar-refractivity contribution is 6.35. The van der Waals surface area contributed by atoms with Crippen LogP contribution in [0.4, 0.5) is 13.2 Å². The number of aliphatic carboxylic acids is 1. The number of aromatic nitrogens is 2. The Morgan fingerprint density at radius 2 is 1.75 bits per heavy atom. The topological polar surface area (TPSA) is 98.2 Å². The third-order valence-corrected chi connectivity index (χ3v) is 3.85. The molecule has 148 valence electrons. The maximum Gasteiger partial charge on any atom is 0.490 e. The van der Waals surface area contributed by atoms with Gasteiger partial charge in [-0.05, 0) is 31.2 Å². The van der Waals surface area contributed by atoms with Crippen LogP contribution in [0.2, 0.25) is 5.02 Å². The summed E-state index contributed by atoms with van der Waals surface area (Å²) in [5.41, 5.74) is 7.08. The van der Waals surface area contributed by atoms with Crippen molar-refractivity contribution in [3.63, 3.8) is 0 Å². The van der Waals surface area contributed by atoms with E-state index in [9.17, 15) is 18.0 Å². The van der Waals surface area contributed by atoms with E-state index in [1.54, 1.807) is 25.1 Å². The first kappa shape index (κ1) is 21.4. The lowest BCUT2D eigenvalue weighted by Crippen LogP contribution is -2.27. The van der Waals surface area contributed by atoms with Crippen molar-refractivity contribution >= 4 is 28.5 Å². The Balaban J connectivity index is 0.000000345. The SMILES string of the molecule is C[C@H](N)c1nc2cccc(Cl)c2c(=O)n1-c1ccccc1.O=C(O)C(F)(F)F. The molecule has 1 atom stereocenters. The molecule has 10 heteroatoms. The number of benzene rings is 2. The second-order valence-electron chi connectivity index (χ2n) is 5.67. The van der Waals surface area contributed by atoms with Gasteiger partial charge in [-0.15, -0.1) is 0 Å². The zero-order chi connectivity index (χ0) is 21.1. The van der Waals surface area contributed by atoms with Crippen molar-refractivity contribution in [2.75, 3.05) is 0 Å². The van der Waals surface area contributed by atoms with Crippen LogP contribution in [0.3, 0.4) is 0 Å². The fraction of sp³-hybridized carbons (Fsp3) is 0.167. The third kappa shape index (κ3) is 4.68. The fourth-order valence-corrected chi connectivity index (χ4v) is 2.59. The van der Waals surface area contributed by atoms with Gasteiger partial charge in [0.15, 0.2) is 0 Å². The molecule has 0 amide bonds. The molecule has 0 bridgehead atoms. The number of carboxylic acid groups (broad SMARTS) is 1. The lowest BCUT2D eigenvalue weighted by molar-refractivity contribution is -0.192. The summed E-state index contributed by atoms with van der Waals surface area (Å²) in [5, 5.41) is 7.93. The van der Waals surface area contributed by atoms with Crippen LogP contribution >= 0.6 is 11.6 Å². The van der Waals surface area contributed by atoms with Gasteiger partial charge in [0.25, 0.3) is 5.56 Å². The van der Waals surface area contributed by atoms with Crippen LogP contribution in [0.5, 0.6) is 0 Å². The van der Waals surface area contributed by atoms with Crippen LogP contribution in [0.15, 0.2) is 53.3 Å². The summed E-state index contributed by atoms with van der Waals surface area (Å²) < 4.78 is 33.3. The molecule has 0 saturated heterocycles. The van der Waals surface area contributed by atoms with Crippen LogP contribution in [0, 0.1) is 0 Å². The minimum Gasteiger partial charge on any atom is -0.475 e. The molecule has 0 aliphatic rings. The Morgan fingerprint density at radius 3 is 2.25 bits per heavy atom. The van der Waals surface area contributed by atoms with Crippen LogP contribution in [-0.4, -0.2) is 26.8 Å². The van der Waals surface area contributed by atoms with E-state index < -0.39 is 12.1 Å². The van der Waals surface area contributed by atoms with Crippen molar-refractivity contribution < 1.29 is 23.1 Å². The van der Waals surface area contributed by atoms with Gasteiger partial charge >= 0.3 is 12.1 Å². The molecular formula is C18H15ClF3N3O3. The number of halogens is 4. The summed E-state index contributed by atoms with van der Waals surface area (Å²) >= 11 is 6.17. The molecular weight excluding hydrogens is 399 g/mol. The van der Waals surface area contributed by atoms with E-state index in [1.165, 1.54) is 4.57 Å². The summed E-state index contributed by atoms with van der Waals surface area (Å²) in [6.45, 7) is 1.80. The maximum atomic E-state index is 12.9. The van der Waals surface area contributed by atoms with E-state index in [0.717, 1.165) is 5.69 Å². The summed E-state index contributed by atoms with van der Waals surface area (Å²) in [7, 11) is 0. The monoisotopic (exact) mass is 413 g/mol. The lowest BCUT2D eigenvalue weighted by atomic mass is 10.2. The molecule has 0 spiro atoms. The van der Waals surface area contributed by atoms with E-state index in [4.69, 9.17) is 27.2 Å². The summed E-state index contributed by atoms with van der Waals surface area (Å²) in [6.07, 6.45) is -5.08. The maximum absolute atomic E-state index is 12.9. The molecule has 6 nitrogen and oxygen atoms in total. The zero-order valence-electron chi connectivity index (χ0n) is 14.4. The average Bonchev–Trinajstić information content (AvgIpc) is 2.61. The van der Waals surface area contributed by atoms with Gasteiger partial charge in [0.1, 0.15) is 5.82 Å².